The fourth-order valence-corrected chi connectivity index (χ4v) is 3.35. The maximum atomic E-state index is 11.6. The normalized spacial score (nSPS) is 13.7. The van der Waals surface area contributed by atoms with Gasteiger partial charge in [0.15, 0.2) is 5.60 Å². The van der Waals surface area contributed by atoms with Gasteiger partial charge in [0.05, 0.1) is 5.69 Å². The third-order valence-electron chi connectivity index (χ3n) is 4.72. The molecule has 26 heavy (non-hydrogen) atoms. The van der Waals surface area contributed by atoms with Gasteiger partial charge in [0.1, 0.15) is 0 Å². The zero-order chi connectivity index (χ0) is 18.7. The number of nitrogens with zero attached hydrogens (tertiary/aromatic N) is 1. The second-order valence-electron chi connectivity index (χ2n) is 7.00. The predicted octanol–water partition coefficient (Wildman–Crippen LogP) is 5.56. The molecular weight excluding hydrogens is 318 g/mol. The van der Waals surface area contributed by atoms with Gasteiger partial charge in [0, 0.05) is 6.21 Å². The van der Waals surface area contributed by atoms with Crippen LogP contribution in [0.4, 0.5) is 5.69 Å². The van der Waals surface area contributed by atoms with Crippen LogP contribution < -0.4 is 0 Å². The maximum absolute atomic E-state index is 11.6. The summed E-state index contributed by atoms with van der Waals surface area (Å²) in [6.07, 6.45) is 1.66. The summed E-state index contributed by atoms with van der Waals surface area (Å²) in [5.41, 5.74) is 5.84. The van der Waals surface area contributed by atoms with Gasteiger partial charge < -0.3 is 5.11 Å². The average molecular weight is 343 g/mol. The van der Waals surface area contributed by atoms with Crippen molar-refractivity contribution in [3.05, 3.63) is 100 Å². The lowest BCUT2D eigenvalue weighted by molar-refractivity contribution is 0.161. The summed E-state index contributed by atoms with van der Waals surface area (Å²) in [7, 11) is 0. The number of rotatable bonds is 4. The Balaban J connectivity index is 2.12. The number of hydrogen-bond acceptors (Lipinski definition) is 2. The molecule has 1 N–H and O–H groups in total. The van der Waals surface area contributed by atoms with Gasteiger partial charge in [-0.2, -0.15) is 0 Å². The summed E-state index contributed by atoms with van der Waals surface area (Å²) in [6, 6.07) is 21.9. The quantitative estimate of drug-likeness (QED) is 0.618. The Morgan fingerprint density at radius 2 is 1.27 bits per heavy atom. The van der Waals surface area contributed by atoms with E-state index in [1.54, 1.807) is 6.21 Å². The fourth-order valence-electron chi connectivity index (χ4n) is 3.35. The molecule has 132 valence electrons. The van der Waals surface area contributed by atoms with Crippen molar-refractivity contribution in [3.63, 3.8) is 0 Å². The Morgan fingerprint density at radius 1 is 0.731 bits per heavy atom. The Labute approximate surface area is 155 Å². The molecule has 0 radical (unpaired) electrons. The minimum absolute atomic E-state index is 0.801. The summed E-state index contributed by atoms with van der Waals surface area (Å²) < 4.78 is 0. The van der Waals surface area contributed by atoms with Crippen LogP contribution in [0.5, 0.6) is 0 Å². The van der Waals surface area contributed by atoms with Crippen LogP contribution in [-0.4, -0.2) is 11.3 Å². The molecule has 0 fully saturated rings. The van der Waals surface area contributed by atoms with E-state index in [1.165, 1.54) is 5.56 Å². The van der Waals surface area contributed by atoms with Gasteiger partial charge in [-0.15, -0.1) is 0 Å². The molecule has 2 heteroatoms. The lowest BCUT2D eigenvalue weighted by Gasteiger charge is -2.25. The second kappa shape index (κ2) is 7.27. The Hall–Kier alpha value is -2.71. The lowest BCUT2D eigenvalue weighted by Crippen LogP contribution is -2.29. The van der Waals surface area contributed by atoms with Crippen LogP contribution in [0.15, 0.2) is 71.7 Å². The van der Waals surface area contributed by atoms with E-state index in [4.69, 9.17) is 4.99 Å². The number of aryl methyl sites for hydroxylation is 4. The van der Waals surface area contributed by atoms with Gasteiger partial charge in [-0.1, -0.05) is 77.9 Å². The van der Waals surface area contributed by atoms with Crippen molar-refractivity contribution in [1.29, 1.82) is 0 Å². The molecule has 3 rings (SSSR count). The molecule has 0 saturated heterocycles. The fraction of sp³-hybridized carbons (Fsp3) is 0.208. The summed E-state index contributed by atoms with van der Waals surface area (Å²) in [5.74, 6) is 0. The van der Waals surface area contributed by atoms with E-state index in [-0.39, 0.29) is 0 Å². The second-order valence-corrected chi connectivity index (χ2v) is 7.00. The molecule has 3 aromatic carbocycles. The van der Waals surface area contributed by atoms with Crippen LogP contribution in [0.2, 0.25) is 0 Å². The number of benzene rings is 3. The molecular formula is C24H25NO. The molecule has 0 amide bonds. The third kappa shape index (κ3) is 3.61. The Morgan fingerprint density at radius 3 is 1.85 bits per heavy atom. The van der Waals surface area contributed by atoms with Crippen LogP contribution in [-0.2, 0) is 5.60 Å². The molecule has 0 aliphatic carbocycles. The highest BCUT2D eigenvalue weighted by Gasteiger charge is 2.29. The molecule has 0 bridgehead atoms. The lowest BCUT2D eigenvalue weighted by atomic mass is 9.87. The average Bonchev–Trinajstić information content (AvgIpc) is 2.62. The first-order valence-corrected chi connectivity index (χ1v) is 8.88. The molecule has 0 aliphatic heterocycles. The van der Waals surface area contributed by atoms with Crippen LogP contribution in [0.1, 0.15) is 33.4 Å². The van der Waals surface area contributed by atoms with E-state index < -0.39 is 5.60 Å². The van der Waals surface area contributed by atoms with E-state index in [2.05, 4.69) is 32.9 Å². The van der Waals surface area contributed by atoms with Crippen LogP contribution in [0.3, 0.4) is 0 Å². The van der Waals surface area contributed by atoms with Crippen LogP contribution in [0, 0.1) is 27.7 Å². The molecule has 3 aromatic rings. The highest BCUT2D eigenvalue weighted by atomic mass is 16.3. The highest BCUT2D eigenvalue weighted by Crippen LogP contribution is 2.31. The number of aliphatic hydroxyl groups is 1. The summed E-state index contributed by atoms with van der Waals surface area (Å²) in [6.45, 7) is 8.23. The van der Waals surface area contributed by atoms with E-state index in [0.717, 1.165) is 33.5 Å². The summed E-state index contributed by atoms with van der Waals surface area (Å²) in [4.78, 5) is 4.72. The molecule has 0 saturated carbocycles. The topological polar surface area (TPSA) is 32.6 Å². The minimum atomic E-state index is -1.28. The zero-order valence-corrected chi connectivity index (χ0v) is 15.8. The first kappa shape index (κ1) is 18.1. The van der Waals surface area contributed by atoms with Crippen LogP contribution >= 0.6 is 0 Å². The molecule has 0 aliphatic rings. The van der Waals surface area contributed by atoms with Crippen LogP contribution in [0.25, 0.3) is 0 Å². The standard InChI is InChI=1S/C24H25NO/c1-17-10-12-22(13-11-17)24(26,21-8-6-5-7-9-21)16-25-23-19(3)14-18(2)15-20(23)4/h5-16,26H,1-4H3. The van der Waals surface area contributed by atoms with E-state index >= 15 is 0 Å². The molecule has 1 unspecified atom stereocenters. The van der Waals surface area contributed by atoms with Gasteiger partial charge in [0.25, 0.3) is 0 Å². The van der Waals surface area contributed by atoms with Crippen molar-refractivity contribution in [2.24, 2.45) is 4.99 Å². The molecule has 1 atom stereocenters. The van der Waals surface area contributed by atoms with Crippen molar-refractivity contribution < 1.29 is 5.11 Å². The van der Waals surface area contributed by atoms with Crippen molar-refractivity contribution in [2.75, 3.05) is 0 Å². The molecule has 0 aromatic heterocycles. The van der Waals surface area contributed by atoms with E-state index in [1.807, 2.05) is 61.5 Å². The van der Waals surface area contributed by atoms with Crippen molar-refractivity contribution in [1.82, 2.24) is 0 Å². The molecule has 2 nitrogen and oxygen atoms in total. The van der Waals surface area contributed by atoms with Gasteiger partial charge in [-0.3, -0.25) is 4.99 Å². The monoisotopic (exact) mass is 343 g/mol. The number of aliphatic imine (C=N–C) groups is 1. The van der Waals surface area contributed by atoms with E-state index in [0.29, 0.717) is 0 Å². The third-order valence-corrected chi connectivity index (χ3v) is 4.72. The number of hydrogen-bond donors (Lipinski definition) is 1. The first-order chi connectivity index (χ1) is 12.4. The highest BCUT2D eigenvalue weighted by molar-refractivity contribution is 5.80. The van der Waals surface area contributed by atoms with Gasteiger partial charge in [-0.05, 0) is 49.9 Å². The smallest absolute Gasteiger partial charge is 0.150 e. The Kier molecular flexibility index (Phi) is 5.06. The summed E-state index contributed by atoms with van der Waals surface area (Å²) >= 11 is 0. The molecule has 0 spiro atoms. The Bertz CT molecular complexity index is 903. The minimum Gasteiger partial charge on any atom is -0.375 e. The predicted molar refractivity (Wildman–Crippen MR) is 109 cm³/mol. The molecule has 0 heterocycles. The van der Waals surface area contributed by atoms with Crippen molar-refractivity contribution >= 4 is 11.9 Å². The summed E-state index contributed by atoms with van der Waals surface area (Å²) in [5, 5.41) is 11.6. The first-order valence-electron chi connectivity index (χ1n) is 8.88. The van der Waals surface area contributed by atoms with Crippen molar-refractivity contribution in [2.45, 2.75) is 33.3 Å². The zero-order valence-electron chi connectivity index (χ0n) is 15.8. The maximum Gasteiger partial charge on any atom is 0.150 e. The van der Waals surface area contributed by atoms with Crippen molar-refractivity contribution in [3.8, 4) is 0 Å². The SMILES string of the molecule is Cc1ccc(C(O)(C=Nc2c(C)cc(C)cc2C)c2ccccc2)cc1. The van der Waals surface area contributed by atoms with Gasteiger partial charge in [-0.25, -0.2) is 0 Å². The van der Waals surface area contributed by atoms with E-state index in [9.17, 15) is 5.11 Å². The van der Waals surface area contributed by atoms with Gasteiger partial charge in [0.2, 0.25) is 0 Å². The van der Waals surface area contributed by atoms with Gasteiger partial charge >= 0.3 is 0 Å². The largest absolute Gasteiger partial charge is 0.375 e.